The van der Waals surface area contributed by atoms with Gasteiger partial charge >= 0.3 is 0 Å². The van der Waals surface area contributed by atoms with Gasteiger partial charge in [0.05, 0.1) is 23.9 Å². The first-order valence-electron chi connectivity index (χ1n) is 9.75. The normalized spacial score (nSPS) is 20.3. The van der Waals surface area contributed by atoms with Gasteiger partial charge in [-0.1, -0.05) is 18.2 Å². The largest absolute Gasteiger partial charge is 0.379 e. The highest BCUT2D eigenvalue weighted by molar-refractivity contribution is 5.95. The number of pyridine rings is 1. The Morgan fingerprint density at radius 3 is 2.68 bits per heavy atom. The number of nitriles is 1. The SMILES string of the molecule is Cn1c(=O)c(C#N)c(N2CCC(C(=O)NC3CCOC3)CC2)c2ccccc21. The fraction of sp³-hybridized carbons (Fsp3) is 0.476. The molecule has 2 aliphatic heterocycles. The minimum absolute atomic E-state index is 0.0415. The molecule has 3 heterocycles. The number of benzene rings is 1. The molecule has 4 rings (SSSR count). The Bertz CT molecular complexity index is 993. The molecule has 0 radical (unpaired) electrons. The van der Waals surface area contributed by atoms with Crippen molar-refractivity contribution >= 4 is 22.5 Å². The van der Waals surface area contributed by atoms with Crippen molar-refractivity contribution in [1.82, 2.24) is 9.88 Å². The average Bonchev–Trinajstić information content (AvgIpc) is 3.23. The summed E-state index contributed by atoms with van der Waals surface area (Å²) in [6.07, 6.45) is 2.27. The first-order valence-corrected chi connectivity index (χ1v) is 9.75. The number of rotatable bonds is 3. The van der Waals surface area contributed by atoms with Crippen molar-refractivity contribution in [3.05, 3.63) is 40.2 Å². The summed E-state index contributed by atoms with van der Waals surface area (Å²) in [7, 11) is 1.69. The molecule has 2 saturated heterocycles. The third-order valence-electron chi connectivity index (χ3n) is 5.85. The van der Waals surface area contributed by atoms with Crippen LogP contribution in [0.4, 0.5) is 5.69 Å². The summed E-state index contributed by atoms with van der Waals surface area (Å²) in [5, 5.41) is 13.6. The molecule has 2 aromatic rings. The summed E-state index contributed by atoms with van der Waals surface area (Å²) in [5.74, 6) is 0.0460. The van der Waals surface area contributed by atoms with Crippen LogP contribution in [-0.2, 0) is 16.6 Å². The maximum atomic E-state index is 12.7. The van der Waals surface area contributed by atoms with E-state index in [4.69, 9.17) is 4.74 Å². The van der Waals surface area contributed by atoms with Crippen LogP contribution in [0, 0.1) is 17.2 Å². The van der Waals surface area contributed by atoms with E-state index in [9.17, 15) is 14.9 Å². The van der Waals surface area contributed by atoms with Crippen LogP contribution in [-0.4, -0.2) is 42.8 Å². The lowest BCUT2D eigenvalue weighted by atomic mass is 9.94. The van der Waals surface area contributed by atoms with Crippen LogP contribution in [0.25, 0.3) is 10.9 Å². The quantitative estimate of drug-likeness (QED) is 0.873. The Labute approximate surface area is 163 Å². The van der Waals surface area contributed by atoms with Crippen molar-refractivity contribution in [2.75, 3.05) is 31.2 Å². The van der Waals surface area contributed by atoms with Gasteiger partial charge in [-0.25, -0.2) is 0 Å². The van der Waals surface area contributed by atoms with E-state index in [1.807, 2.05) is 24.3 Å². The van der Waals surface area contributed by atoms with E-state index in [-0.39, 0.29) is 29.0 Å². The van der Waals surface area contributed by atoms with Crippen molar-refractivity contribution in [3.8, 4) is 6.07 Å². The molecule has 28 heavy (non-hydrogen) atoms. The molecule has 146 valence electrons. The Hall–Kier alpha value is -2.85. The fourth-order valence-electron chi connectivity index (χ4n) is 4.24. The molecular formula is C21H24N4O3. The Morgan fingerprint density at radius 2 is 2.00 bits per heavy atom. The second-order valence-corrected chi connectivity index (χ2v) is 7.55. The number of fused-ring (bicyclic) bond motifs is 1. The Kier molecular flexibility index (Phi) is 5.05. The number of hydrogen-bond acceptors (Lipinski definition) is 5. The van der Waals surface area contributed by atoms with E-state index in [0.717, 1.165) is 17.3 Å². The van der Waals surface area contributed by atoms with Crippen LogP contribution in [0.5, 0.6) is 0 Å². The van der Waals surface area contributed by atoms with Crippen LogP contribution in [0.15, 0.2) is 29.1 Å². The molecule has 0 bridgehead atoms. The number of nitrogens with one attached hydrogen (secondary N) is 1. The van der Waals surface area contributed by atoms with Gasteiger partial charge < -0.3 is 19.5 Å². The highest BCUT2D eigenvalue weighted by Crippen LogP contribution is 2.31. The summed E-state index contributed by atoms with van der Waals surface area (Å²) in [5.41, 5.74) is 1.40. The van der Waals surface area contributed by atoms with Crippen molar-refractivity contribution in [2.24, 2.45) is 13.0 Å². The van der Waals surface area contributed by atoms with Gasteiger partial charge in [-0.05, 0) is 25.3 Å². The summed E-state index contributed by atoms with van der Waals surface area (Å²) in [6.45, 7) is 2.59. The van der Waals surface area contributed by atoms with Gasteiger partial charge in [0.25, 0.3) is 5.56 Å². The monoisotopic (exact) mass is 380 g/mol. The zero-order valence-corrected chi connectivity index (χ0v) is 16.0. The van der Waals surface area contributed by atoms with Gasteiger partial charge in [0.2, 0.25) is 5.91 Å². The molecule has 1 unspecified atom stereocenters. The van der Waals surface area contributed by atoms with Gasteiger partial charge in [-0.3, -0.25) is 9.59 Å². The summed E-state index contributed by atoms with van der Waals surface area (Å²) >= 11 is 0. The minimum atomic E-state index is -0.280. The number of hydrogen-bond donors (Lipinski definition) is 1. The fourth-order valence-corrected chi connectivity index (χ4v) is 4.24. The molecule has 1 atom stereocenters. The van der Waals surface area contributed by atoms with Gasteiger partial charge in [0.1, 0.15) is 11.6 Å². The lowest BCUT2D eigenvalue weighted by Gasteiger charge is -2.34. The highest BCUT2D eigenvalue weighted by Gasteiger charge is 2.30. The average molecular weight is 380 g/mol. The number of amides is 1. The van der Waals surface area contributed by atoms with Gasteiger partial charge in [0, 0.05) is 38.0 Å². The first kappa shape index (κ1) is 18.5. The zero-order valence-electron chi connectivity index (χ0n) is 16.0. The molecular weight excluding hydrogens is 356 g/mol. The second kappa shape index (κ2) is 7.64. The standard InChI is InChI=1S/C21H24N4O3/c1-24-18-5-3-2-4-16(18)19(17(12-22)21(24)27)25-9-6-14(7-10-25)20(26)23-15-8-11-28-13-15/h2-5,14-15H,6-11,13H2,1H3,(H,23,26). The molecule has 1 aromatic heterocycles. The molecule has 2 aliphatic rings. The molecule has 7 heteroatoms. The van der Waals surface area contributed by atoms with Crippen LogP contribution < -0.4 is 15.8 Å². The number of aryl methyl sites for hydroxylation is 1. The maximum Gasteiger partial charge on any atom is 0.270 e. The van der Waals surface area contributed by atoms with E-state index in [0.29, 0.717) is 44.8 Å². The van der Waals surface area contributed by atoms with Gasteiger partial charge in [-0.2, -0.15) is 5.26 Å². The minimum Gasteiger partial charge on any atom is -0.379 e. The number of carbonyl (C=O) groups is 1. The van der Waals surface area contributed by atoms with Gasteiger partial charge in [0.15, 0.2) is 0 Å². The van der Waals surface area contributed by atoms with E-state index < -0.39 is 0 Å². The third-order valence-corrected chi connectivity index (χ3v) is 5.85. The maximum absolute atomic E-state index is 12.7. The summed E-state index contributed by atoms with van der Waals surface area (Å²) < 4.78 is 6.85. The van der Waals surface area contributed by atoms with Crippen LogP contribution >= 0.6 is 0 Å². The number of piperidine rings is 1. The van der Waals surface area contributed by atoms with E-state index in [1.165, 1.54) is 4.57 Å². The number of nitrogens with zero attached hydrogens (tertiary/aromatic N) is 3. The lowest BCUT2D eigenvalue weighted by molar-refractivity contribution is -0.126. The first-order chi connectivity index (χ1) is 13.6. The topological polar surface area (TPSA) is 87.4 Å². The van der Waals surface area contributed by atoms with Crippen molar-refractivity contribution < 1.29 is 9.53 Å². The molecule has 1 amide bonds. The van der Waals surface area contributed by atoms with Crippen LogP contribution in [0.2, 0.25) is 0 Å². The second-order valence-electron chi connectivity index (χ2n) is 7.55. The molecule has 7 nitrogen and oxygen atoms in total. The molecule has 1 aromatic carbocycles. The van der Waals surface area contributed by atoms with Crippen molar-refractivity contribution in [2.45, 2.75) is 25.3 Å². The number of para-hydroxylation sites is 1. The lowest BCUT2D eigenvalue weighted by Crippen LogP contribution is -2.44. The number of aromatic nitrogens is 1. The predicted molar refractivity (Wildman–Crippen MR) is 106 cm³/mol. The van der Waals surface area contributed by atoms with Crippen LogP contribution in [0.3, 0.4) is 0 Å². The van der Waals surface area contributed by atoms with Crippen LogP contribution in [0.1, 0.15) is 24.8 Å². The van der Waals surface area contributed by atoms with E-state index in [2.05, 4.69) is 16.3 Å². The number of carbonyl (C=O) groups excluding carboxylic acids is 1. The Balaban J connectivity index is 1.57. The summed E-state index contributed by atoms with van der Waals surface area (Å²) in [6, 6.07) is 9.88. The smallest absolute Gasteiger partial charge is 0.270 e. The van der Waals surface area contributed by atoms with Crippen molar-refractivity contribution in [1.29, 1.82) is 5.26 Å². The molecule has 0 saturated carbocycles. The number of ether oxygens (including phenoxy) is 1. The predicted octanol–water partition coefficient (Wildman–Crippen LogP) is 1.53. The molecule has 2 fully saturated rings. The van der Waals surface area contributed by atoms with E-state index >= 15 is 0 Å². The molecule has 0 spiro atoms. The van der Waals surface area contributed by atoms with E-state index in [1.54, 1.807) is 7.05 Å². The third kappa shape index (κ3) is 3.25. The molecule has 0 aliphatic carbocycles. The Morgan fingerprint density at radius 1 is 1.25 bits per heavy atom. The molecule has 1 N–H and O–H groups in total. The summed E-state index contributed by atoms with van der Waals surface area (Å²) in [4.78, 5) is 27.3. The number of anilines is 1. The zero-order chi connectivity index (χ0) is 19.7. The highest BCUT2D eigenvalue weighted by atomic mass is 16.5. The van der Waals surface area contributed by atoms with Crippen molar-refractivity contribution in [3.63, 3.8) is 0 Å². The van der Waals surface area contributed by atoms with Gasteiger partial charge in [-0.15, -0.1) is 0 Å².